The van der Waals surface area contributed by atoms with E-state index in [0.717, 1.165) is 31.9 Å². The van der Waals surface area contributed by atoms with Crippen molar-refractivity contribution < 1.29 is 9.53 Å². The monoisotopic (exact) mass is 382 g/mol. The number of amides is 1. The van der Waals surface area contributed by atoms with Crippen LogP contribution in [0.5, 0.6) is 0 Å². The first kappa shape index (κ1) is 20.0. The number of carbonyl (C=O) groups excluding carboxylic acids is 1. The fourth-order valence-electron chi connectivity index (χ4n) is 3.64. The average molecular weight is 383 g/mol. The number of piperazine rings is 1. The van der Waals surface area contributed by atoms with E-state index in [-0.39, 0.29) is 6.04 Å². The van der Waals surface area contributed by atoms with Gasteiger partial charge in [-0.3, -0.25) is 4.90 Å². The summed E-state index contributed by atoms with van der Waals surface area (Å²) < 4.78 is 4.77. The molecule has 0 aromatic heterocycles. The zero-order valence-electron chi connectivity index (χ0n) is 17.0. The van der Waals surface area contributed by atoms with Crippen molar-refractivity contribution in [2.24, 2.45) is 0 Å². The second-order valence-corrected chi connectivity index (χ2v) is 7.23. The molecule has 3 rings (SSSR count). The summed E-state index contributed by atoms with van der Waals surface area (Å²) in [7, 11) is 5.47. The van der Waals surface area contributed by atoms with E-state index in [4.69, 9.17) is 4.74 Å². The number of hydrogen-bond donors (Lipinski definition) is 1. The maximum absolute atomic E-state index is 11.6. The Morgan fingerprint density at radius 2 is 1.68 bits per heavy atom. The van der Waals surface area contributed by atoms with Gasteiger partial charge in [0.1, 0.15) is 0 Å². The summed E-state index contributed by atoms with van der Waals surface area (Å²) in [6, 6.07) is 19.2. The Hall–Kier alpha value is -2.73. The third-order valence-corrected chi connectivity index (χ3v) is 5.30. The van der Waals surface area contributed by atoms with E-state index in [1.807, 2.05) is 20.2 Å². The molecule has 1 amide bonds. The van der Waals surface area contributed by atoms with Gasteiger partial charge in [0.2, 0.25) is 0 Å². The van der Waals surface area contributed by atoms with Crippen molar-refractivity contribution >= 4 is 17.5 Å². The molecule has 0 saturated carbocycles. The SMILES string of the molecule is COC(=O)NCC(c1ccc(N(C)C)cc1)N1CCN(c2ccccc2)CC1. The van der Waals surface area contributed by atoms with Gasteiger partial charge in [0.25, 0.3) is 0 Å². The number of nitrogens with one attached hydrogen (secondary N) is 1. The highest BCUT2D eigenvalue weighted by molar-refractivity contribution is 5.67. The highest BCUT2D eigenvalue weighted by Crippen LogP contribution is 2.25. The zero-order valence-corrected chi connectivity index (χ0v) is 17.0. The topological polar surface area (TPSA) is 48.1 Å². The van der Waals surface area contributed by atoms with Crippen LogP contribution in [0.15, 0.2) is 54.6 Å². The van der Waals surface area contributed by atoms with Crippen molar-refractivity contribution in [3.8, 4) is 0 Å². The molecule has 1 aliphatic rings. The lowest BCUT2D eigenvalue weighted by Crippen LogP contribution is -2.49. The zero-order chi connectivity index (χ0) is 19.9. The normalized spacial score (nSPS) is 15.8. The van der Waals surface area contributed by atoms with E-state index in [1.54, 1.807) is 0 Å². The molecule has 6 nitrogen and oxygen atoms in total. The lowest BCUT2D eigenvalue weighted by Gasteiger charge is -2.40. The van der Waals surface area contributed by atoms with E-state index in [2.05, 4.69) is 68.5 Å². The summed E-state index contributed by atoms with van der Waals surface area (Å²) >= 11 is 0. The Labute approximate surface area is 167 Å². The first-order valence-corrected chi connectivity index (χ1v) is 9.71. The van der Waals surface area contributed by atoms with E-state index in [1.165, 1.54) is 18.4 Å². The Morgan fingerprint density at radius 3 is 2.25 bits per heavy atom. The molecule has 1 fully saturated rings. The third kappa shape index (κ3) is 4.95. The minimum Gasteiger partial charge on any atom is -0.453 e. The molecule has 1 aliphatic heterocycles. The van der Waals surface area contributed by atoms with Crippen molar-refractivity contribution in [2.75, 3.05) is 63.7 Å². The predicted octanol–water partition coefficient (Wildman–Crippen LogP) is 2.97. The molecule has 6 heteroatoms. The quantitative estimate of drug-likeness (QED) is 0.832. The summed E-state index contributed by atoms with van der Waals surface area (Å²) in [4.78, 5) is 18.6. The molecule has 150 valence electrons. The standard InChI is InChI=1S/C22H30N4O2/c1-24(2)19-11-9-18(10-12-19)21(17-23-22(27)28-3)26-15-13-25(14-16-26)20-7-5-4-6-8-20/h4-12,21H,13-17H2,1-3H3,(H,23,27). The highest BCUT2D eigenvalue weighted by atomic mass is 16.5. The van der Waals surface area contributed by atoms with Gasteiger partial charge in [-0.05, 0) is 29.8 Å². The molecule has 2 aromatic carbocycles. The smallest absolute Gasteiger partial charge is 0.406 e. The molecule has 0 radical (unpaired) electrons. The molecular weight excluding hydrogens is 352 g/mol. The molecule has 1 unspecified atom stereocenters. The fraction of sp³-hybridized carbons (Fsp3) is 0.409. The van der Waals surface area contributed by atoms with E-state index >= 15 is 0 Å². The molecule has 0 aliphatic carbocycles. The van der Waals surface area contributed by atoms with Crippen LogP contribution in [0.4, 0.5) is 16.2 Å². The fourth-order valence-corrected chi connectivity index (χ4v) is 3.64. The van der Waals surface area contributed by atoms with Crippen LogP contribution in [0, 0.1) is 0 Å². The van der Waals surface area contributed by atoms with Crippen LogP contribution in [0.1, 0.15) is 11.6 Å². The average Bonchev–Trinajstić information content (AvgIpc) is 2.75. The summed E-state index contributed by atoms with van der Waals surface area (Å²) in [5.74, 6) is 0. The Kier molecular flexibility index (Phi) is 6.76. The second-order valence-electron chi connectivity index (χ2n) is 7.23. The van der Waals surface area contributed by atoms with Crippen molar-refractivity contribution in [1.82, 2.24) is 10.2 Å². The first-order chi connectivity index (χ1) is 13.6. The first-order valence-electron chi connectivity index (χ1n) is 9.71. The molecule has 1 atom stereocenters. The molecule has 1 saturated heterocycles. The van der Waals surface area contributed by atoms with E-state index < -0.39 is 6.09 Å². The number of methoxy groups -OCH3 is 1. The lowest BCUT2D eigenvalue weighted by atomic mass is 10.0. The summed E-state index contributed by atoms with van der Waals surface area (Å²) in [6.45, 7) is 4.35. The molecule has 0 bridgehead atoms. The van der Waals surface area contributed by atoms with Crippen LogP contribution in [0.3, 0.4) is 0 Å². The van der Waals surface area contributed by atoms with Gasteiger partial charge >= 0.3 is 6.09 Å². The number of anilines is 2. The molecule has 1 heterocycles. The number of carbonyl (C=O) groups is 1. The van der Waals surface area contributed by atoms with Crippen molar-refractivity contribution in [2.45, 2.75) is 6.04 Å². The predicted molar refractivity (Wildman–Crippen MR) is 114 cm³/mol. The molecule has 28 heavy (non-hydrogen) atoms. The van der Waals surface area contributed by atoms with E-state index in [9.17, 15) is 4.79 Å². The second kappa shape index (κ2) is 9.46. The van der Waals surface area contributed by atoms with Gasteiger partial charge in [-0.15, -0.1) is 0 Å². The number of ether oxygens (including phenoxy) is 1. The minimum atomic E-state index is -0.391. The van der Waals surface area contributed by atoms with Crippen molar-refractivity contribution in [1.29, 1.82) is 0 Å². The van der Waals surface area contributed by atoms with Gasteiger partial charge in [-0.2, -0.15) is 0 Å². The van der Waals surface area contributed by atoms with Crippen LogP contribution < -0.4 is 15.1 Å². The van der Waals surface area contributed by atoms with Crippen LogP contribution >= 0.6 is 0 Å². The number of benzene rings is 2. The Balaban J connectivity index is 1.71. The van der Waals surface area contributed by atoms with Crippen LogP contribution in [0.25, 0.3) is 0 Å². The summed E-state index contributed by atoms with van der Waals surface area (Å²) in [5.41, 5.74) is 3.63. The van der Waals surface area contributed by atoms with Crippen molar-refractivity contribution in [3.63, 3.8) is 0 Å². The Bertz CT molecular complexity index is 741. The van der Waals surface area contributed by atoms with E-state index in [0.29, 0.717) is 6.54 Å². The largest absolute Gasteiger partial charge is 0.453 e. The van der Waals surface area contributed by atoms with Crippen LogP contribution in [-0.4, -0.2) is 64.9 Å². The highest BCUT2D eigenvalue weighted by Gasteiger charge is 2.26. The van der Waals surface area contributed by atoms with Crippen LogP contribution in [-0.2, 0) is 4.74 Å². The van der Waals surface area contributed by atoms with Gasteiger partial charge < -0.3 is 19.9 Å². The number of hydrogen-bond acceptors (Lipinski definition) is 5. The summed E-state index contributed by atoms with van der Waals surface area (Å²) in [6.07, 6.45) is -0.391. The minimum absolute atomic E-state index is 0.119. The number of nitrogens with zero attached hydrogens (tertiary/aromatic N) is 3. The number of rotatable bonds is 6. The van der Waals surface area contributed by atoms with Gasteiger partial charge in [-0.25, -0.2) is 4.79 Å². The number of alkyl carbamates (subject to hydrolysis) is 1. The third-order valence-electron chi connectivity index (χ3n) is 5.30. The Morgan fingerprint density at radius 1 is 1.04 bits per heavy atom. The number of para-hydroxylation sites is 1. The molecule has 1 N–H and O–H groups in total. The maximum Gasteiger partial charge on any atom is 0.406 e. The maximum atomic E-state index is 11.6. The van der Waals surface area contributed by atoms with Gasteiger partial charge in [0.05, 0.1) is 13.2 Å². The lowest BCUT2D eigenvalue weighted by molar-refractivity contribution is 0.154. The van der Waals surface area contributed by atoms with Crippen LogP contribution in [0.2, 0.25) is 0 Å². The van der Waals surface area contributed by atoms with Crippen molar-refractivity contribution in [3.05, 3.63) is 60.2 Å². The molecular formula is C22H30N4O2. The van der Waals surface area contributed by atoms with Gasteiger partial charge in [0, 0.05) is 58.2 Å². The molecule has 2 aromatic rings. The summed E-state index contributed by atoms with van der Waals surface area (Å²) in [5, 5.41) is 2.88. The van der Waals surface area contributed by atoms with Gasteiger partial charge in [0.15, 0.2) is 0 Å². The molecule has 0 spiro atoms. The van der Waals surface area contributed by atoms with Gasteiger partial charge in [-0.1, -0.05) is 30.3 Å².